The highest BCUT2D eigenvalue weighted by Crippen LogP contribution is 2.29. The molecule has 0 unspecified atom stereocenters. The van der Waals surface area contributed by atoms with Crippen LogP contribution in [0.15, 0.2) is 18.2 Å². The van der Waals surface area contributed by atoms with Gasteiger partial charge in [-0.05, 0) is 23.8 Å². The standard InChI is InChI=1S/C10H10Cl2F3NO.ClH/c11-6-1-5(2-7(12)3-6)8(17)4-9(16)10(13,14)15;/h1-3,8-9,17H,4,16H2;1H/t8-,9+;/m1./s1. The van der Waals surface area contributed by atoms with Crippen LogP contribution >= 0.6 is 35.6 Å². The van der Waals surface area contributed by atoms with Gasteiger partial charge in [0.2, 0.25) is 0 Å². The van der Waals surface area contributed by atoms with Crippen LogP contribution in [0, 0.1) is 0 Å². The van der Waals surface area contributed by atoms with E-state index in [-0.39, 0.29) is 28.0 Å². The Balaban J connectivity index is 0.00000289. The van der Waals surface area contributed by atoms with Crippen molar-refractivity contribution >= 4 is 35.6 Å². The number of nitrogens with two attached hydrogens (primary N) is 1. The summed E-state index contributed by atoms with van der Waals surface area (Å²) in [7, 11) is 0. The van der Waals surface area contributed by atoms with Gasteiger partial charge in [0.05, 0.1) is 6.10 Å². The van der Waals surface area contributed by atoms with Crippen LogP contribution in [-0.4, -0.2) is 17.3 Å². The molecule has 1 aromatic rings. The molecule has 104 valence electrons. The summed E-state index contributed by atoms with van der Waals surface area (Å²) in [5, 5.41) is 10.1. The topological polar surface area (TPSA) is 46.2 Å². The van der Waals surface area contributed by atoms with Crippen LogP contribution in [0.2, 0.25) is 10.0 Å². The minimum absolute atomic E-state index is 0. The van der Waals surface area contributed by atoms with E-state index in [0.29, 0.717) is 0 Å². The van der Waals surface area contributed by atoms with Gasteiger partial charge < -0.3 is 10.8 Å². The second-order valence-corrected chi connectivity index (χ2v) is 4.48. The maximum absolute atomic E-state index is 12.2. The molecule has 0 saturated carbocycles. The van der Waals surface area contributed by atoms with Gasteiger partial charge in [-0.3, -0.25) is 0 Å². The highest BCUT2D eigenvalue weighted by atomic mass is 35.5. The highest BCUT2D eigenvalue weighted by molar-refractivity contribution is 6.34. The molecule has 0 amide bonds. The summed E-state index contributed by atoms with van der Waals surface area (Å²) in [6, 6.07) is 2.03. The first-order valence-corrected chi connectivity index (χ1v) is 5.42. The van der Waals surface area contributed by atoms with E-state index >= 15 is 0 Å². The normalized spacial score (nSPS) is 14.8. The van der Waals surface area contributed by atoms with Crippen molar-refractivity contribution in [1.29, 1.82) is 0 Å². The lowest BCUT2D eigenvalue weighted by molar-refractivity contribution is -0.153. The molecule has 0 fully saturated rings. The van der Waals surface area contributed by atoms with E-state index in [4.69, 9.17) is 28.9 Å². The van der Waals surface area contributed by atoms with Gasteiger partial charge in [-0.15, -0.1) is 12.4 Å². The van der Waals surface area contributed by atoms with E-state index in [9.17, 15) is 18.3 Å². The van der Waals surface area contributed by atoms with Crippen LogP contribution in [0.5, 0.6) is 0 Å². The molecule has 0 aliphatic rings. The van der Waals surface area contributed by atoms with Gasteiger partial charge in [0.15, 0.2) is 0 Å². The molecule has 0 heterocycles. The fraction of sp³-hybridized carbons (Fsp3) is 0.400. The van der Waals surface area contributed by atoms with Gasteiger partial charge in [0.25, 0.3) is 0 Å². The molecule has 0 aromatic heterocycles. The molecular formula is C10H11Cl3F3NO. The summed E-state index contributed by atoms with van der Waals surface area (Å²) in [4.78, 5) is 0. The third-order valence-corrected chi connectivity index (χ3v) is 2.60. The molecule has 3 N–H and O–H groups in total. The van der Waals surface area contributed by atoms with Crippen molar-refractivity contribution in [1.82, 2.24) is 0 Å². The zero-order chi connectivity index (χ0) is 13.2. The number of alkyl halides is 3. The fourth-order valence-corrected chi connectivity index (χ4v) is 1.82. The maximum atomic E-state index is 12.2. The molecule has 1 aromatic carbocycles. The Hall–Kier alpha value is -0.200. The Morgan fingerprint density at radius 3 is 2.00 bits per heavy atom. The average Bonchev–Trinajstić information content (AvgIpc) is 2.14. The predicted molar refractivity (Wildman–Crippen MR) is 67.3 cm³/mol. The lowest BCUT2D eigenvalue weighted by Gasteiger charge is -2.19. The monoisotopic (exact) mass is 323 g/mol. The first kappa shape index (κ1) is 17.8. The number of hydrogen-bond acceptors (Lipinski definition) is 2. The third kappa shape index (κ3) is 5.20. The highest BCUT2D eigenvalue weighted by Gasteiger charge is 2.37. The number of benzene rings is 1. The van der Waals surface area contributed by atoms with Gasteiger partial charge >= 0.3 is 6.18 Å². The van der Waals surface area contributed by atoms with E-state index < -0.39 is 24.7 Å². The molecule has 0 radical (unpaired) electrons. The SMILES string of the molecule is Cl.N[C@@H](C[C@@H](O)c1cc(Cl)cc(Cl)c1)C(F)(F)F. The Bertz CT molecular complexity index is 380. The maximum Gasteiger partial charge on any atom is 0.403 e. The molecule has 0 aliphatic heterocycles. The van der Waals surface area contributed by atoms with E-state index in [0.717, 1.165) is 0 Å². The third-order valence-electron chi connectivity index (χ3n) is 2.17. The Morgan fingerprint density at radius 1 is 1.17 bits per heavy atom. The van der Waals surface area contributed by atoms with E-state index in [1.54, 1.807) is 0 Å². The van der Waals surface area contributed by atoms with Crippen LogP contribution in [0.1, 0.15) is 18.1 Å². The number of hydrogen-bond donors (Lipinski definition) is 2. The Kier molecular flexibility index (Phi) is 6.74. The quantitative estimate of drug-likeness (QED) is 0.890. The smallest absolute Gasteiger partial charge is 0.388 e. The summed E-state index contributed by atoms with van der Waals surface area (Å²) in [5.74, 6) is 0. The second kappa shape index (κ2) is 6.82. The molecular weight excluding hydrogens is 313 g/mol. The van der Waals surface area contributed by atoms with Crippen molar-refractivity contribution in [2.75, 3.05) is 0 Å². The largest absolute Gasteiger partial charge is 0.403 e. The van der Waals surface area contributed by atoms with E-state index in [1.165, 1.54) is 18.2 Å². The van der Waals surface area contributed by atoms with Crippen molar-refractivity contribution < 1.29 is 18.3 Å². The summed E-state index contributed by atoms with van der Waals surface area (Å²) in [6.45, 7) is 0. The molecule has 0 saturated heterocycles. The van der Waals surface area contributed by atoms with Crippen molar-refractivity contribution in [2.24, 2.45) is 5.73 Å². The summed E-state index contributed by atoms with van der Waals surface area (Å²) >= 11 is 11.3. The lowest BCUT2D eigenvalue weighted by atomic mass is 10.0. The number of halogens is 6. The zero-order valence-corrected chi connectivity index (χ0v) is 11.2. The summed E-state index contributed by atoms with van der Waals surface area (Å²) < 4.78 is 36.6. The van der Waals surface area contributed by atoms with Crippen LogP contribution in [0.3, 0.4) is 0 Å². The molecule has 2 atom stereocenters. The molecule has 0 spiro atoms. The lowest BCUT2D eigenvalue weighted by Crippen LogP contribution is -2.38. The van der Waals surface area contributed by atoms with Crippen molar-refractivity contribution in [3.05, 3.63) is 33.8 Å². The number of aliphatic hydroxyl groups is 1. The first-order valence-electron chi connectivity index (χ1n) is 4.66. The van der Waals surface area contributed by atoms with Gasteiger partial charge in [-0.1, -0.05) is 23.2 Å². The van der Waals surface area contributed by atoms with Crippen LogP contribution in [0.4, 0.5) is 13.2 Å². The van der Waals surface area contributed by atoms with Crippen LogP contribution in [0.25, 0.3) is 0 Å². The number of rotatable bonds is 3. The second-order valence-electron chi connectivity index (χ2n) is 3.60. The van der Waals surface area contributed by atoms with Gasteiger partial charge in [0, 0.05) is 16.5 Å². The minimum Gasteiger partial charge on any atom is -0.388 e. The van der Waals surface area contributed by atoms with Crippen molar-refractivity contribution in [3.8, 4) is 0 Å². The van der Waals surface area contributed by atoms with Crippen LogP contribution < -0.4 is 5.73 Å². The zero-order valence-electron chi connectivity index (χ0n) is 8.92. The molecule has 0 aliphatic carbocycles. The Morgan fingerprint density at radius 2 is 1.61 bits per heavy atom. The summed E-state index contributed by atoms with van der Waals surface area (Å²) in [5.41, 5.74) is 5.12. The van der Waals surface area contributed by atoms with Crippen molar-refractivity contribution in [2.45, 2.75) is 24.7 Å². The molecule has 2 nitrogen and oxygen atoms in total. The minimum atomic E-state index is -4.54. The van der Waals surface area contributed by atoms with Gasteiger partial charge in [-0.25, -0.2) is 0 Å². The number of aliphatic hydroxyl groups excluding tert-OH is 1. The van der Waals surface area contributed by atoms with Crippen LogP contribution in [-0.2, 0) is 0 Å². The van der Waals surface area contributed by atoms with Crippen molar-refractivity contribution in [3.63, 3.8) is 0 Å². The molecule has 0 bridgehead atoms. The Labute approximate surface area is 118 Å². The average molecular weight is 325 g/mol. The predicted octanol–water partition coefficient (Wildman–Crippen LogP) is 3.73. The fourth-order valence-electron chi connectivity index (χ4n) is 1.28. The van der Waals surface area contributed by atoms with Gasteiger partial charge in [-0.2, -0.15) is 13.2 Å². The molecule has 1 rings (SSSR count). The molecule has 8 heteroatoms. The summed E-state index contributed by atoms with van der Waals surface area (Å²) in [6.07, 6.45) is -6.54. The van der Waals surface area contributed by atoms with E-state index in [2.05, 4.69) is 0 Å². The first-order chi connectivity index (χ1) is 7.70. The van der Waals surface area contributed by atoms with Gasteiger partial charge in [0.1, 0.15) is 6.04 Å². The molecule has 18 heavy (non-hydrogen) atoms. The van der Waals surface area contributed by atoms with E-state index in [1.807, 2.05) is 0 Å².